The van der Waals surface area contributed by atoms with Crippen molar-refractivity contribution < 1.29 is 21.2 Å². The van der Waals surface area contributed by atoms with Gasteiger partial charge in [-0.15, -0.1) is 0 Å². The van der Waals surface area contributed by atoms with Gasteiger partial charge >= 0.3 is 0 Å². The first kappa shape index (κ1) is 9.73. The molecule has 0 unspecified atom stereocenters. The zero-order valence-electron chi connectivity index (χ0n) is 7.38. The fourth-order valence-electron chi connectivity index (χ4n) is 0.850. The molecule has 0 aliphatic rings. The lowest BCUT2D eigenvalue weighted by atomic mass is 10.3. The first-order valence-corrected chi connectivity index (χ1v) is 5.54. The second-order valence-electron chi connectivity index (χ2n) is 4.23. The summed E-state index contributed by atoms with van der Waals surface area (Å²) in [4.78, 5) is 0. The monoisotopic (exact) mass is 241 g/mol. The summed E-state index contributed by atoms with van der Waals surface area (Å²) in [6.45, 7) is 14.0. The Morgan fingerprint density at radius 2 is 0.889 bits per heavy atom. The fourth-order valence-corrected chi connectivity index (χ4v) is 5.70. The molecule has 0 radical (unpaired) electrons. The molecule has 0 aromatic heterocycles. The van der Waals surface area contributed by atoms with Crippen molar-refractivity contribution in [1.29, 1.82) is 0 Å². The number of hydrogen-bond acceptors (Lipinski definition) is 0. The summed E-state index contributed by atoms with van der Waals surface area (Å²) in [5, 5.41) is 0. The summed E-state index contributed by atoms with van der Waals surface area (Å²) in [5.74, 6) is 0. The van der Waals surface area contributed by atoms with E-state index in [1.807, 2.05) is 0 Å². The van der Waals surface area contributed by atoms with Crippen LogP contribution in [0.1, 0.15) is 41.5 Å². The lowest BCUT2D eigenvalue weighted by molar-refractivity contribution is -0.772. The summed E-state index contributed by atoms with van der Waals surface area (Å²) in [6.07, 6.45) is 0. The standard InChI is InChI=1S/C8H18I/c1-7(2,3)9-8(4,5)6/h1-6H3/q+1. The zero-order chi connectivity index (χ0) is 7.71. The van der Waals surface area contributed by atoms with Crippen LogP contribution >= 0.6 is 0 Å². The normalized spacial score (nSPS) is 14.0. The Bertz CT molecular complexity index is 69.7. The smallest absolute Gasteiger partial charge is 0.0157 e. The van der Waals surface area contributed by atoms with E-state index in [0.29, 0.717) is 28.0 Å². The molecular weight excluding hydrogens is 223 g/mol. The number of rotatable bonds is 0. The van der Waals surface area contributed by atoms with E-state index in [9.17, 15) is 0 Å². The Labute approximate surface area is 69.7 Å². The van der Waals surface area contributed by atoms with Crippen LogP contribution in [0, 0.1) is 0 Å². The van der Waals surface area contributed by atoms with Gasteiger partial charge in [-0.1, -0.05) is 0 Å². The van der Waals surface area contributed by atoms with Crippen LogP contribution in [0.3, 0.4) is 0 Å². The van der Waals surface area contributed by atoms with Crippen LogP contribution in [0.4, 0.5) is 0 Å². The van der Waals surface area contributed by atoms with Crippen LogP contribution in [0.5, 0.6) is 0 Å². The van der Waals surface area contributed by atoms with E-state index in [0.717, 1.165) is 0 Å². The Hall–Kier alpha value is 0.730. The number of hydrogen-bond donors (Lipinski definition) is 0. The first-order valence-electron chi connectivity index (χ1n) is 3.38. The summed E-state index contributed by atoms with van der Waals surface area (Å²) in [5.41, 5.74) is 0. The van der Waals surface area contributed by atoms with Crippen LogP contribution in [-0.2, 0) is 0 Å². The molecule has 0 aliphatic heterocycles. The molecule has 56 valence electrons. The predicted molar refractivity (Wildman–Crippen MR) is 39.5 cm³/mol. The van der Waals surface area contributed by atoms with Gasteiger partial charge in [-0.2, -0.15) is 0 Å². The second-order valence-corrected chi connectivity index (χ2v) is 11.2. The van der Waals surface area contributed by atoms with Gasteiger partial charge in [0.1, 0.15) is 0 Å². The van der Waals surface area contributed by atoms with Crippen LogP contribution < -0.4 is 21.2 Å². The van der Waals surface area contributed by atoms with Crippen LogP contribution in [0.2, 0.25) is 0 Å². The third-order valence-corrected chi connectivity index (χ3v) is 3.80. The van der Waals surface area contributed by atoms with E-state index >= 15 is 0 Å². The minimum Gasteiger partial charge on any atom is -0.0157 e. The van der Waals surface area contributed by atoms with Gasteiger partial charge in [0.25, 0.3) is 21.2 Å². The van der Waals surface area contributed by atoms with E-state index in [1.165, 1.54) is 0 Å². The molecule has 0 aromatic carbocycles. The largest absolute Gasteiger partial charge is 0.280 e. The molecule has 0 amide bonds. The topological polar surface area (TPSA) is 0 Å². The molecule has 0 aliphatic carbocycles. The molecular formula is C8H18I+. The van der Waals surface area contributed by atoms with Crippen LogP contribution in [0.15, 0.2) is 0 Å². The fraction of sp³-hybridized carbons (Fsp3) is 1.00. The van der Waals surface area contributed by atoms with Crippen LogP contribution in [-0.4, -0.2) is 6.84 Å². The van der Waals surface area contributed by atoms with Gasteiger partial charge in [0, 0.05) is 0 Å². The van der Waals surface area contributed by atoms with Gasteiger partial charge < -0.3 is 0 Å². The van der Waals surface area contributed by atoms with Gasteiger partial charge in [0.15, 0.2) is 6.84 Å². The van der Waals surface area contributed by atoms with E-state index in [1.54, 1.807) is 0 Å². The molecule has 0 bridgehead atoms. The SMILES string of the molecule is CC(C)(C)[I+]C(C)(C)C. The molecule has 1 heteroatoms. The average Bonchev–Trinajstić information content (AvgIpc) is 1.14. The molecule has 9 heavy (non-hydrogen) atoms. The highest BCUT2D eigenvalue weighted by molar-refractivity contribution is 4.60. The lowest BCUT2D eigenvalue weighted by Gasteiger charge is -2.11. The van der Waals surface area contributed by atoms with Crippen molar-refractivity contribution in [2.24, 2.45) is 0 Å². The highest BCUT2D eigenvalue weighted by Gasteiger charge is 2.37. The molecule has 0 saturated heterocycles. The summed E-state index contributed by atoms with van der Waals surface area (Å²) < 4.78 is 1.19. The van der Waals surface area contributed by atoms with E-state index in [4.69, 9.17) is 0 Å². The molecule has 0 fully saturated rings. The summed E-state index contributed by atoms with van der Waals surface area (Å²) in [6, 6.07) is 0. The van der Waals surface area contributed by atoms with Crippen LogP contribution in [0.25, 0.3) is 0 Å². The van der Waals surface area contributed by atoms with Gasteiger partial charge in [0.05, 0.1) is 0 Å². The van der Waals surface area contributed by atoms with Crippen molar-refractivity contribution in [2.45, 2.75) is 48.4 Å². The van der Waals surface area contributed by atoms with Crippen molar-refractivity contribution in [1.82, 2.24) is 0 Å². The molecule has 0 spiro atoms. The molecule has 0 N–H and O–H groups in total. The maximum absolute atomic E-state index is 2.34. The van der Waals surface area contributed by atoms with Crippen molar-refractivity contribution in [3.63, 3.8) is 0 Å². The Kier molecular flexibility index (Phi) is 2.99. The molecule has 0 rings (SSSR count). The second kappa shape index (κ2) is 2.77. The molecule has 0 atom stereocenters. The highest BCUT2D eigenvalue weighted by Crippen LogP contribution is 1.91. The van der Waals surface area contributed by atoms with Crippen molar-refractivity contribution in [2.75, 3.05) is 0 Å². The van der Waals surface area contributed by atoms with Gasteiger partial charge in [0.2, 0.25) is 0 Å². The average molecular weight is 241 g/mol. The Morgan fingerprint density at radius 3 is 0.889 bits per heavy atom. The number of halogens is 1. The third-order valence-electron chi connectivity index (χ3n) is 0.567. The summed E-state index contributed by atoms with van der Waals surface area (Å²) in [7, 11) is 0. The first-order chi connectivity index (χ1) is 3.71. The highest BCUT2D eigenvalue weighted by atomic mass is 127. The van der Waals surface area contributed by atoms with Crippen molar-refractivity contribution >= 4 is 0 Å². The van der Waals surface area contributed by atoms with Crippen molar-refractivity contribution in [3.05, 3.63) is 0 Å². The van der Waals surface area contributed by atoms with Gasteiger partial charge in [-0.3, -0.25) is 0 Å². The predicted octanol–water partition coefficient (Wildman–Crippen LogP) is -0.328. The minimum absolute atomic E-state index is 0.338. The maximum atomic E-state index is 2.34. The number of alkyl halides is 2. The van der Waals surface area contributed by atoms with E-state index in [-0.39, 0.29) is 0 Å². The molecule has 0 heterocycles. The third kappa shape index (κ3) is 8.73. The Morgan fingerprint density at radius 1 is 0.667 bits per heavy atom. The molecule has 0 saturated carbocycles. The lowest BCUT2D eigenvalue weighted by Crippen LogP contribution is -3.72. The van der Waals surface area contributed by atoms with Gasteiger partial charge in [-0.05, 0) is 41.5 Å². The molecule has 0 aromatic rings. The van der Waals surface area contributed by atoms with Gasteiger partial charge in [-0.25, -0.2) is 0 Å². The molecule has 0 nitrogen and oxygen atoms in total. The van der Waals surface area contributed by atoms with E-state index < -0.39 is 0 Å². The Balaban J connectivity index is 3.75. The van der Waals surface area contributed by atoms with Crippen molar-refractivity contribution in [3.8, 4) is 0 Å². The minimum atomic E-state index is 0.338. The quantitative estimate of drug-likeness (QED) is 0.402. The maximum Gasteiger partial charge on any atom is 0.280 e. The zero-order valence-corrected chi connectivity index (χ0v) is 9.54. The van der Waals surface area contributed by atoms with E-state index in [2.05, 4.69) is 41.5 Å². The summed E-state index contributed by atoms with van der Waals surface area (Å²) >= 11 is 0.338.